The number of benzene rings is 1. The molecule has 150 valence electrons. The van der Waals surface area contributed by atoms with Crippen LogP contribution < -0.4 is 5.32 Å². The van der Waals surface area contributed by atoms with Gasteiger partial charge in [0, 0.05) is 16.0 Å². The second kappa shape index (κ2) is 5.62. The summed E-state index contributed by atoms with van der Waals surface area (Å²) in [5, 5.41) is 4.90. The molecule has 4 aliphatic carbocycles. The molecule has 9 heteroatoms. The standard InChI is InChI=1S/C20H18ClN3O3S2/c21-11-1-4-13-15(7-11)28-18(23-13)19-8-20(9-19,10-19)24-17(25)14-5-6-16(27-14)29(22,26)12-2-3-12/h1,4-7,12,22H,2-3,8-10H2,(H,24,25). The Morgan fingerprint density at radius 2 is 2.03 bits per heavy atom. The number of carbonyl (C=O) groups excluding carboxylic acids is 1. The van der Waals surface area contributed by atoms with Gasteiger partial charge in [-0.05, 0) is 62.4 Å². The molecule has 0 spiro atoms. The third-order valence-corrected chi connectivity index (χ3v) is 10.0. The molecule has 3 aromatic rings. The van der Waals surface area contributed by atoms with E-state index in [1.54, 1.807) is 11.3 Å². The van der Waals surface area contributed by atoms with Gasteiger partial charge >= 0.3 is 0 Å². The molecule has 7 rings (SSSR count). The van der Waals surface area contributed by atoms with Gasteiger partial charge in [0.05, 0.1) is 15.5 Å². The molecule has 4 aliphatic rings. The summed E-state index contributed by atoms with van der Waals surface area (Å²) in [5.41, 5.74) is 0.812. The van der Waals surface area contributed by atoms with E-state index in [-0.39, 0.29) is 33.0 Å². The number of fused-ring (bicyclic) bond motifs is 1. The highest BCUT2D eigenvalue weighted by atomic mass is 35.5. The van der Waals surface area contributed by atoms with Gasteiger partial charge in [0.2, 0.25) is 0 Å². The Morgan fingerprint density at radius 3 is 2.76 bits per heavy atom. The molecule has 1 atom stereocenters. The summed E-state index contributed by atoms with van der Waals surface area (Å²) in [4.78, 5) is 17.4. The van der Waals surface area contributed by atoms with Crippen molar-refractivity contribution in [3.63, 3.8) is 0 Å². The van der Waals surface area contributed by atoms with Gasteiger partial charge in [-0.1, -0.05) is 11.6 Å². The minimum absolute atomic E-state index is 0.0548. The summed E-state index contributed by atoms with van der Waals surface area (Å²) >= 11 is 7.76. The lowest BCUT2D eigenvalue weighted by Crippen LogP contribution is -2.76. The van der Waals surface area contributed by atoms with Crippen molar-refractivity contribution in [1.82, 2.24) is 10.3 Å². The Balaban J connectivity index is 1.16. The zero-order valence-corrected chi connectivity index (χ0v) is 17.8. The normalized spacial score (nSPS) is 29.7. The molecule has 6 nitrogen and oxygen atoms in total. The average molecular weight is 448 g/mol. The molecule has 29 heavy (non-hydrogen) atoms. The molecule has 2 heterocycles. The lowest BCUT2D eigenvalue weighted by atomic mass is 9.39. The maximum atomic E-state index is 12.6. The van der Waals surface area contributed by atoms with E-state index >= 15 is 0 Å². The molecular weight excluding hydrogens is 430 g/mol. The van der Waals surface area contributed by atoms with Gasteiger partial charge in [-0.15, -0.1) is 11.3 Å². The van der Waals surface area contributed by atoms with E-state index in [1.807, 2.05) is 18.2 Å². The lowest BCUT2D eigenvalue weighted by molar-refractivity contribution is -0.0811. The van der Waals surface area contributed by atoms with E-state index in [1.165, 1.54) is 12.1 Å². The van der Waals surface area contributed by atoms with Crippen molar-refractivity contribution in [2.24, 2.45) is 0 Å². The Bertz CT molecular complexity index is 1270. The average Bonchev–Trinajstić information content (AvgIpc) is 3.21. The highest BCUT2D eigenvalue weighted by Gasteiger charge is 2.70. The molecule has 0 radical (unpaired) electrons. The third kappa shape index (κ3) is 2.62. The summed E-state index contributed by atoms with van der Waals surface area (Å²) in [6.45, 7) is 0. The van der Waals surface area contributed by atoms with Crippen molar-refractivity contribution in [2.75, 3.05) is 0 Å². The van der Waals surface area contributed by atoms with E-state index in [0.717, 1.165) is 47.3 Å². The van der Waals surface area contributed by atoms with E-state index in [2.05, 4.69) is 5.32 Å². The Hall–Kier alpha value is -1.90. The maximum Gasteiger partial charge on any atom is 0.287 e. The van der Waals surface area contributed by atoms with Crippen molar-refractivity contribution in [2.45, 2.75) is 53.4 Å². The predicted molar refractivity (Wildman–Crippen MR) is 111 cm³/mol. The predicted octanol–water partition coefficient (Wildman–Crippen LogP) is 4.71. The fourth-order valence-electron chi connectivity index (χ4n) is 4.74. The molecule has 0 saturated heterocycles. The number of halogens is 1. The second-order valence-corrected chi connectivity index (χ2v) is 12.3. The number of nitrogens with zero attached hydrogens (tertiary/aromatic N) is 1. The van der Waals surface area contributed by atoms with Crippen LogP contribution in [0.1, 0.15) is 47.7 Å². The number of hydrogen-bond acceptors (Lipinski definition) is 6. The van der Waals surface area contributed by atoms with Crippen LogP contribution in [-0.4, -0.2) is 25.9 Å². The number of hydrogen-bond donors (Lipinski definition) is 2. The Kier molecular flexibility index (Phi) is 3.47. The SMILES string of the molecule is N=S(=O)(c1ccc(C(=O)NC23CC(c4nc5ccc(Cl)cc5s4)(C2)C3)o1)C1CC1. The zero-order valence-electron chi connectivity index (χ0n) is 15.4. The van der Waals surface area contributed by atoms with Gasteiger partial charge in [-0.2, -0.15) is 0 Å². The number of rotatable bonds is 5. The molecule has 1 amide bonds. The Morgan fingerprint density at radius 1 is 1.28 bits per heavy atom. The highest BCUT2D eigenvalue weighted by molar-refractivity contribution is 7.93. The molecule has 1 aromatic carbocycles. The molecule has 1 unspecified atom stereocenters. The van der Waals surface area contributed by atoms with Crippen molar-refractivity contribution in [1.29, 1.82) is 4.78 Å². The van der Waals surface area contributed by atoms with Crippen LogP contribution in [0, 0.1) is 4.78 Å². The van der Waals surface area contributed by atoms with E-state index < -0.39 is 9.73 Å². The van der Waals surface area contributed by atoms with Crippen molar-refractivity contribution in [3.05, 3.63) is 46.1 Å². The van der Waals surface area contributed by atoms with Gasteiger partial charge in [-0.25, -0.2) is 14.0 Å². The van der Waals surface area contributed by atoms with Gasteiger partial charge < -0.3 is 9.73 Å². The minimum Gasteiger partial charge on any atom is -0.441 e. The molecule has 2 N–H and O–H groups in total. The number of nitrogens with one attached hydrogen (secondary N) is 2. The van der Waals surface area contributed by atoms with Gasteiger partial charge in [0.1, 0.15) is 14.7 Å². The maximum absolute atomic E-state index is 12.6. The lowest BCUT2D eigenvalue weighted by Gasteiger charge is -2.69. The van der Waals surface area contributed by atoms with Crippen LogP contribution in [0.5, 0.6) is 0 Å². The first-order valence-corrected chi connectivity index (χ1v) is 12.4. The number of thiazole rings is 1. The monoisotopic (exact) mass is 447 g/mol. The second-order valence-electron chi connectivity index (χ2n) is 8.59. The van der Waals surface area contributed by atoms with Crippen LogP contribution in [0.25, 0.3) is 10.2 Å². The first kappa shape index (κ1) is 17.9. The largest absolute Gasteiger partial charge is 0.441 e. The van der Waals surface area contributed by atoms with Crippen LogP contribution in [0.3, 0.4) is 0 Å². The number of amides is 1. The van der Waals surface area contributed by atoms with Crippen LogP contribution >= 0.6 is 22.9 Å². The van der Waals surface area contributed by atoms with Gasteiger partial charge in [0.25, 0.3) is 5.91 Å². The van der Waals surface area contributed by atoms with Crippen LogP contribution in [0.2, 0.25) is 5.02 Å². The smallest absolute Gasteiger partial charge is 0.287 e. The fourth-order valence-corrected chi connectivity index (χ4v) is 7.78. The first-order valence-electron chi connectivity index (χ1n) is 9.55. The van der Waals surface area contributed by atoms with Gasteiger partial charge in [-0.3, -0.25) is 4.79 Å². The van der Waals surface area contributed by atoms with Crippen molar-refractivity contribution in [3.8, 4) is 0 Å². The summed E-state index contributed by atoms with van der Waals surface area (Å²) in [5.74, 6) is -0.166. The molecule has 4 fully saturated rings. The van der Waals surface area contributed by atoms with Crippen molar-refractivity contribution < 1.29 is 13.4 Å². The van der Waals surface area contributed by atoms with E-state index in [0.29, 0.717) is 5.02 Å². The number of carbonyl (C=O) groups is 1. The fraction of sp³-hybridized carbons (Fsp3) is 0.400. The summed E-state index contributed by atoms with van der Waals surface area (Å²) < 4.78 is 27.1. The van der Waals surface area contributed by atoms with Gasteiger partial charge in [0.15, 0.2) is 10.9 Å². The van der Waals surface area contributed by atoms with E-state index in [9.17, 15) is 9.00 Å². The number of furan rings is 1. The molecule has 2 bridgehead atoms. The highest BCUT2D eigenvalue weighted by Crippen LogP contribution is 2.68. The third-order valence-electron chi connectivity index (χ3n) is 6.31. The minimum atomic E-state index is -2.93. The van der Waals surface area contributed by atoms with Crippen LogP contribution in [0.15, 0.2) is 39.8 Å². The first-order chi connectivity index (χ1) is 13.8. The summed E-state index contributed by atoms with van der Waals surface area (Å²) in [7, 11) is -2.93. The van der Waals surface area contributed by atoms with E-state index in [4.69, 9.17) is 25.8 Å². The number of aromatic nitrogens is 1. The topological polar surface area (TPSA) is 96.0 Å². The molecular formula is C20H18ClN3O3S2. The van der Waals surface area contributed by atoms with Crippen molar-refractivity contribution >= 4 is 48.8 Å². The Labute approximate surface area is 176 Å². The quantitative estimate of drug-likeness (QED) is 0.591. The molecule has 4 saturated carbocycles. The van der Waals surface area contributed by atoms with Crippen LogP contribution in [0.4, 0.5) is 0 Å². The molecule has 0 aliphatic heterocycles. The zero-order chi connectivity index (χ0) is 20.0. The summed E-state index contributed by atoms with van der Waals surface area (Å²) in [6, 6.07) is 8.79. The van der Waals surface area contributed by atoms with Crippen LogP contribution in [-0.2, 0) is 15.1 Å². The molecule has 2 aromatic heterocycles. The summed E-state index contributed by atoms with van der Waals surface area (Å²) in [6.07, 6.45) is 4.17.